The number of halogens is 3. The molecule has 0 amide bonds. The van der Waals surface area contributed by atoms with Crippen molar-refractivity contribution in [3.63, 3.8) is 0 Å². The van der Waals surface area contributed by atoms with Gasteiger partial charge in [0.15, 0.2) is 11.5 Å². The molecule has 4 nitrogen and oxygen atoms in total. The van der Waals surface area contributed by atoms with Crippen molar-refractivity contribution in [1.82, 2.24) is 5.32 Å². The molecule has 0 bridgehead atoms. The topological polar surface area (TPSA) is 50.7 Å². The van der Waals surface area contributed by atoms with Crippen LogP contribution >= 0.6 is 0 Å². The molecule has 0 aliphatic heterocycles. The maximum absolute atomic E-state index is 12.6. The van der Waals surface area contributed by atoms with Gasteiger partial charge in [-0.3, -0.25) is 0 Å². The number of rotatable bonds is 8. The van der Waals surface area contributed by atoms with Gasteiger partial charge in [-0.15, -0.1) is 0 Å². The molecule has 0 saturated heterocycles. The summed E-state index contributed by atoms with van der Waals surface area (Å²) >= 11 is 0. The molecule has 2 aromatic rings. The Morgan fingerprint density at radius 2 is 1.63 bits per heavy atom. The quantitative estimate of drug-likeness (QED) is 0.724. The van der Waals surface area contributed by atoms with E-state index in [4.69, 9.17) is 9.47 Å². The van der Waals surface area contributed by atoms with Gasteiger partial charge >= 0.3 is 6.18 Å². The third kappa shape index (κ3) is 5.87. The van der Waals surface area contributed by atoms with E-state index in [1.807, 2.05) is 25.1 Å². The zero-order valence-corrected chi connectivity index (χ0v) is 15.5. The highest BCUT2D eigenvalue weighted by Gasteiger charge is 2.30. The fourth-order valence-electron chi connectivity index (χ4n) is 2.76. The lowest BCUT2D eigenvalue weighted by atomic mass is 10.0. The van der Waals surface area contributed by atoms with Gasteiger partial charge < -0.3 is 19.9 Å². The van der Waals surface area contributed by atoms with E-state index in [2.05, 4.69) is 5.32 Å². The standard InChI is InChI=1S/C20H24F3NO3/c1-13(10-14-4-9-18(26-2)19(11-14)27-3)24-12-17(25)15-5-7-16(8-6-15)20(21,22)23/h4-9,11,13,17,24-25H,10,12H2,1-3H3/t13?,17-/m0/s1. The first-order chi connectivity index (χ1) is 12.7. The Kier molecular flexibility index (Phi) is 7.10. The molecular weight excluding hydrogens is 359 g/mol. The van der Waals surface area contributed by atoms with E-state index in [0.717, 1.165) is 17.7 Å². The second-order valence-electron chi connectivity index (χ2n) is 6.34. The van der Waals surface area contributed by atoms with E-state index in [-0.39, 0.29) is 12.6 Å². The van der Waals surface area contributed by atoms with Crippen molar-refractivity contribution in [3.05, 3.63) is 59.2 Å². The lowest BCUT2D eigenvalue weighted by Crippen LogP contribution is -2.32. The Hall–Kier alpha value is -2.25. The smallest absolute Gasteiger partial charge is 0.416 e. The van der Waals surface area contributed by atoms with Crippen molar-refractivity contribution in [2.75, 3.05) is 20.8 Å². The van der Waals surface area contributed by atoms with Gasteiger partial charge in [0.25, 0.3) is 0 Å². The molecule has 0 saturated carbocycles. The molecule has 0 spiro atoms. The highest BCUT2D eigenvalue weighted by atomic mass is 19.4. The van der Waals surface area contributed by atoms with Crippen LogP contribution in [-0.4, -0.2) is 31.9 Å². The van der Waals surface area contributed by atoms with Crippen molar-refractivity contribution in [3.8, 4) is 11.5 Å². The maximum atomic E-state index is 12.6. The third-order valence-corrected chi connectivity index (χ3v) is 4.27. The van der Waals surface area contributed by atoms with Gasteiger partial charge in [0.1, 0.15) is 0 Å². The Bertz CT molecular complexity index is 732. The number of aliphatic hydroxyl groups excluding tert-OH is 1. The first-order valence-electron chi connectivity index (χ1n) is 8.54. The number of ether oxygens (including phenoxy) is 2. The highest BCUT2D eigenvalue weighted by Crippen LogP contribution is 2.30. The van der Waals surface area contributed by atoms with Crippen LogP contribution in [-0.2, 0) is 12.6 Å². The second-order valence-corrected chi connectivity index (χ2v) is 6.34. The monoisotopic (exact) mass is 383 g/mol. The summed E-state index contributed by atoms with van der Waals surface area (Å²) in [4.78, 5) is 0. The summed E-state index contributed by atoms with van der Waals surface area (Å²) in [5, 5.41) is 13.4. The van der Waals surface area contributed by atoms with Crippen molar-refractivity contribution < 1.29 is 27.8 Å². The van der Waals surface area contributed by atoms with Crippen molar-refractivity contribution >= 4 is 0 Å². The minimum Gasteiger partial charge on any atom is -0.493 e. The summed E-state index contributed by atoms with van der Waals surface area (Å²) in [6, 6.07) is 10.3. The molecule has 1 unspecified atom stereocenters. The van der Waals surface area contributed by atoms with Crippen LogP contribution in [0.3, 0.4) is 0 Å². The molecule has 0 aromatic heterocycles. The fourth-order valence-corrected chi connectivity index (χ4v) is 2.76. The van der Waals surface area contributed by atoms with E-state index in [1.54, 1.807) is 14.2 Å². The van der Waals surface area contributed by atoms with Gasteiger partial charge in [0.05, 0.1) is 25.9 Å². The van der Waals surface area contributed by atoms with Crippen LogP contribution in [0.15, 0.2) is 42.5 Å². The number of methoxy groups -OCH3 is 2. The Balaban J connectivity index is 1.90. The number of benzene rings is 2. The zero-order valence-electron chi connectivity index (χ0n) is 15.5. The number of aliphatic hydroxyl groups is 1. The molecule has 2 rings (SSSR count). The van der Waals surface area contributed by atoms with Crippen molar-refractivity contribution in [1.29, 1.82) is 0 Å². The lowest BCUT2D eigenvalue weighted by molar-refractivity contribution is -0.137. The number of alkyl halides is 3. The molecule has 0 aliphatic rings. The second kappa shape index (κ2) is 9.10. The van der Waals surface area contributed by atoms with Gasteiger partial charge in [-0.05, 0) is 48.7 Å². The van der Waals surface area contributed by atoms with Crippen LogP contribution in [0.5, 0.6) is 11.5 Å². The van der Waals surface area contributed by atoms with Crippen molar-refractivity contribution in [2.24, 2.45) is 0 Å². The Labute approximate surface area is 156 Å². The fraction of sp³-hybridized carbons (Fsp3) is 0.400. The molecule has 0 aliphatic carbocycles. The largest absolute Gasteiger partial charge is 0.493 e. The summed E-state index contributed by atoms with van der Waals surface area (Å²) in [5.41, 5.74) is 0.749. The molecule has 0 radical (unpaired) electrons. The number of hydrogen-bond acceptors (Lipinski definition) is 4. The van der Waals surface area contributed by atoms with Crippen LogP contribution in [0.2, 0.25) is 0 Å². The van der Waals surface area contributed by atoms with Crippen LogP contribution in [0.4, 0.5) is 13.2 Å². The summed E-state index contributed by atoms with van der Waals surface area (Å²) in [6.45, 7) is 2.20. The van der Waals surface area contributed by atoms with E-state index in [9.17, 15) is 18.3 Å². The summed E-state index contributed by atoms with van der Waals surface area (Å²) in [5.74, 6) is 1.30. The summed E-state index contributed by atoms with van der Waals surface area (Å²) < 4.78 is 48.3. The maximum Gasteiger partial charge on any atom is 0.416 e. The SMILES string of the molecule is COc1ccc(CC(C)NC[C@H](O)c2ccc(C(F)(F)F)cc2)cc1OC. The molecule has 27 heavy (non-hydrogen) atoms. The minimum absolute atomic E-state index is 0.0483. The Morgan fingerprint density at radius 3 is 2.19 bits per heavy atom. The van der Waals surface area contributed by atoms with Gasteiger partial charge in [-0.25, -0.2) is 0 Å². The predicted octanol–water partition coefficient (Wildman–Crippen LogP) is 3.98. The average molecular weight is 383 g/mol. The average Bonchev–Trinajstić information content (AvgIpc) is 2.65. The molecule has 0 fully saturated rings. The highest BCUT2D eigenvalue weighted by molar-refractivity contribution is 5.43. The van der Waals surface area contributed by atoms with Gasteiger partial charge in [0.2, 0.25) is 0 Å². The van der Waals surface area contributed by atoms with Crippen LogP contribution in [0, 0.1) is 0 Å². The Morgan fingerprint density at radius 1 is 1.00 bits per heavy atom. The third-order valence-electron chi connectivity index (χ3n) is 4.27. The number of nitrogens with one attached hydrogen (secondary N) is 1. The molecule has 2 atom stereocenters. The van der Waals surface area contributed by atoms with Crippen molar-refractivity contribution in [2.45, 2.75) is 31.7 Å². The summed E-state index contributed by atoms with van der Waals surface area (Å²) in [6.07, 6.45) is -4.57. The summed E-state index contributed by atoms with van der Waals surface area (Å²) in [7, 11) is 3.15. The first-order valence-corrected chi connectivity index (χ1v) is 8.54. The van der Waals surface area contributed by atoms with Gasteiger partial charge in [-0.1, -0.05) is 18.2 Å². The molecular formula is C20H24F3NO3. The lowest BCUT2D eigenvalue weighted by Gasteiger charge is -2.18. The van der Waals surface area contributed by atoms with E-state index >= 15 is 0 Å². The molecule has 0 heterocycles. The normalized spacial score (nSPS) is 13.9. The minimum atomic E-state index is -4.38. The van der Waals surface area contributed by atoms with E-state index in [1.165, 1.54) is 12.1 Å². The molecule has 2 aromatic carbocycles. The van der Waals surface area contributed by atoms with Crippen LogP contribution < -0.4 is 14.8 Å². The van der Waals surface area contributed by atoms with Gasteiger partial charge in [-0.2, -0.15) is 13.2 Å². The number of hydrogen-bond donors (Lipinski definition) is 2. The van der Waals surface area contributed by atoms with Crippen LogP contribution in [0.25, 0.3) is 0 Å². The van der Waals surface area contributed by atoms with E-state index in [0.29, 0.717) is 23.5 Å². The molecule has 148 valence electrons. The van der Waals surface area contributed by atoms with Crippen LogP contribution in [0.1, 0.15) is 29.7 Å². The van der Waals surface area contributed by atoms with Gasteiger partial charge in [0, 0.05) is 12.6 Å². The first kappa shape index (κ1) is 21.1. The van der Waals surface area contributed by atoms with E-state index < -0.39 is 17.8 Å². The molecule has 7 heteroatoms. The zero-order chi connectivity index (χ0) is 20.0. The molecule has 2 N–H and O–H groups in total. The predicted molar refractivity (Wildman–Crippen MR) is 97.1 cm³/mol.